The molecule has 0 radical (unpaired) electrons. The van der Waals surface area contributed by atoms with Crippen molar-refractivity contribution in [2.75, 3.05) is 46.5 Å². The predicted molar refractivity (Wildman–Crippen MR) is 134 cm³/mol. The van der Waals surface area contributed by atoms with Crippen LogP contribution in [-0.4, -0.2) is 96.7 Å². The molecule has 3 fully saturated rings. The molecule has 1 aromatic rings. The zero-order valence-corrected chi connectivity index (χ0v) is 21.9. The van der Waals surface area contributed by atoms with Crippen molar-refractivity contribution in [1.29, 1.82) is 0 Å². The first kappa shape index (κ1) is 26.9. The lowest BCUT2D eigenvalue weighted by Gasteiger charge is -2.45. The van der Waals surface area contributed by atoms with Crippen LogP contribution in [0.15, 0.2) is 24.3 Å². The third-order valence-electron chi connectivity index (χ3n) is 7.63. The Morgan fingerprint density at radius 3 is 2.51 bits per heavy atom. The molecule has 3 saturated heterocycles. The molecule has 202 valence electrons. The van der Waals surface area contributed by atoms with Gasteiger partial charge in [-0.05, 0) is 38.0 Å². The fourth-order valence-electron chi connectivity index (χ4n) is 5.62. The lowest BCUT2D eigenvalue weighted by atomic mass is 9.95. The van der Waals surface area contributed by atoms with Crippen LogP contribution in [0, 0.1) is 5.92 Å². The highest BCUT2D eigenvalue weighted by Gasteiger charge is 2.55. The molecule has 1 aromatic carbocycles. The Labute approximate surface area is 217 Å². The maximum absolute atomic E-state index is 14.0. The number of ether oxygens (including phenoxy) is 3. The summed E-state index contributed by atoms with van der Waals surface area (Å²) in [5.74, 6) is -0.613. The van der Waals surface area contributed by atoms with Gasteiger partial charge in [0.25, 0.3) is 5.91 Å². The van der Waals surface area contributed by atoms with Crippen LogP contribution in [0.25, 0.3) is 0 Å². The number of piperidine rings is 2. The first-order chi connectivity index (χ1) is 17.8. The van der Waals surface area contributed by atoms with Crippen molar-refractivity contribution in [2.24, 2.45) is 5.92 Å². The Morgan fingerprint density at radius 1 is 1.08 bits per heavy atom. The van der Waals surface area contributed by atoms with Crippen LogP contribution in [-0.2, 0) is 23.9 Å². The Balaban J connectivity index is 1.60. The van der Waals surface area contributed by atoms with E-state index in [0.717, 1.165) is 0 Å². The number of carbonyl (C=O) groups is 4. The summed E-state index contributed by atoms with van der Waals surface area (Å²) >= 11 is 0. The maximum Gasteiger partial charge on any atom is 0.310 e. The fraction of sp³-hybridized carbons (Fsp3) is 0.630. The van der Waals surface area contributed by atoms with Crippen molar-refractivity contribution in [2.45, 2.75) is 57.7 Å². The quantitative estimate of drug-likeness (QED) is 0.534. The number of nitrogens with zero attached hydrogens (tertiary/aromatic N) is 3. The second kappa shape index (κ2) is 11.5. The lowest BCUT2D eigenvalue weighted by Crippen LogP contribution is -2.60. The predicted octanol–water partition coefficient (Wildman–Crippen LogP) is 2.07. The van der Waals surface area contributed by atoms with E-state index >= 15 is 0 Å². The topological polar surface area (TPSA) is 106 Å². The van der Waals surface area contributed by atoms with Gasteiger partial charge in [-0.2, -0.15) is 0 Å². The Hall–Kier alpha value is -3.14. The van der Waals surface area contributed by atoms with E-state index in [9.17, 15) is 19.2 Å². The number of carbonyl (C=O) groups excluding carboxylic acids is 4. The number of hydrogen-bond donors (Lipinski definition) is 0. The van der Waals surface area contributed by atoms with E-state index in [1.807, 2.05) is 6.92 Å². The Kier molecular flexibility index (Phi) is 8.36. The summed E-state index contributed by atoms with van der Waals surface area (Å²) in [6.45, 7) is 5.63. The number of likely N-dealkylation sites (tertiary alicyclic amines) is 2. The summed E-state index contributed by atoms with van der Waals surface area (Å²) < 4.78 is 16.8. The lowest BCUT2D eigenvalue weighted by molar-refractivity contribution is -0.153. The molecule has 1 spiro atoms. The summed E-state index contributed by atoms with van der Waals surface area (Å²) in [7, 11) is 1.53. The first-order valence-corrected chi connectivity index (χ1v) is 13.2. The molecule has 3 heterocycles. The normalized spacial score (nSPS) is 23.2. The molecule has 0 aromatic heterocycles. The van der Waals surface area contributed by atoms with Crippen molar-refractivity contribution >= 4 is 23.7 Å². The van der Waals surface area contributed by atoms with E-state index in [1.165, 1.54) is 7.11 Å². The van der Waals surface area contributed by atoms with Crippen LogP contribution in [0.5, 0.6) is 5.75 Å². The van der Waals surface area contributed by atoms with E-state index in [4.69, 9.17) is 14.2 Å². The number of methoxy groups -OCH3 is 1. The Bertz CT molecular complexity index is 1020. The van der Waals surface area contributed by atoms with Gasteiger partial charge in [0.2, 0.25) is 11.8 Å². The molecule has 10 nitrogen and oxygen atoms in total. The second-order valence-corrected chi connectivity index (χ2v) is 9.79. The smallest absolute Gasteiger partial charge is 0.310 e. The molecule has 2 atom stereocenters. The molecule has 0 aliphatic carbocycles. The van der Waals surface area contributed by atoms with Crippen LogP contribution >= 0.6 is 0 Å². The minimum atomic E-state index is -0.985. The van der Waals surface area contributed by atoms with Gasteiger partial charge in [-0.1, -0.05) is 13.0 Å². The van der Waals surface area contributed by atoms with Crippen LogP contribution in [0.1, 0.15) is 56.3 Å². The largest absolute Gasteiger partial charge is 0.497 e. The van der Waals surface area contributed by atoms with Crippen LogP contribution < -0.4 is 4.74 Å². The number of esters is 1. The zero-order valence-electron chi connectivity index (χ0n) is 21.9. The van der Waals surface area contributed by atoms with E-state index in [-0.39, 0.29) is 42.8 Å². The number of benzene rings is 1. The van der Waals surface area contributed by atoms with E-state index in [2.05, 4.69) is 0 Å². The highest BCUT2D eigenvalue weighted by atomic mass is 16.5. The van der Waals surface area contributed by atoms with Crippen molar-refractivity contribution < 1.29 is 33.4 Å². The summed E-state index contributed by atoms with van der Waals surface area (Å²) in [6, 6.07) is 6.03. The third kappa shape index (κ3) is 5.44. The van der Waals surface area contributed by atoms with Gasteiger partial charge in [-0.25, -0.2) is 0 Å². The fourth-order valence-corrected chi connectivity index (χ4v) is 5.62. The number of rotatable bonds is 6. The highest BCUT2D eigenvalue weighted by Crippen LogP contribution is 2.39. The van der Waals surface area contributed by atoms with Gasteiger partial charge >= 0.3 is 5.97 Å². The van der Waals surface area contributed by atoms with Crippen molar-refractivity contribution in [3.8, 4) is 5.75 Å². The van der Waals surface area contributed by atoms with Gasteiger partial charge in [-0.15, -0.1) is 0 Å². The molecule has 10 heteroatoms. The molecule has 3 amide bonds. The maximum atomic E-state index is 14.0. The minimum Gasteiger partial charge on any atom is -0.497 e. The monoisotopic (exact) mass is 515 g/mol. The average Bonchev–Trinajstić information content (AvgIpc) is 3.30. The molecule has 0 bridgehead atoms. The van der Waals surface area contributed by atoms with Gasteiger partial charge in [0.05, 0.1) is 26.2 Å². The molecular weight excluding hydrogens is 478 g/mol. The summed E-state index contributed by atoms with van der Waals surface area (Å²) in [5, 5.41) is 0. The molecule has 0 saturated carbocycles. The van der Waals surface area contributed by atoms with Crippen LogP contribution in [0.2, 0.25) is 0 Å². The average molecular weight is 516 g/mol. The van der Waals surface area contributed by atoms with Crippen molar-refractivity contribution in [3.05, 3.63) is 29.8 Å². The zero-order chi connectivity index (χ0) is 26.6. The van der Waals surface area contributed by atoms with E-state index in [1.54, 1.807) is 45.9 Å². The molecule has 4 rings (SSSR count). The van der Waals surface area contributed by atoms with Crippen molar-refractivity contribution in [1.82, 2.24) is 14.7 Å². The van der Waals surface area contributed by atoms with Gasteiger partial charge < -0.3 is 24.0 Å². The second-order valence-electron chi connectivity index (χ2n) is 9.79. The molecule has 0 unspecified atom stereocenters. The molecule has 3 aliphatic rings. The van der Waals surface area contributed by atoms with Crippen molar-refractivity contribution in [3.63, 3.8) is 0 Å². The van der Waals surface area contributed by atoms with Gasteiger partial charge in [0.15, 0.2) is 0 Å². The number of hydrogen-bond acceptors (Lipinski definition) is 7. The molecule has 37 heavy (non-hydrogen) atoms. The SMILES string of the molecule is CCOC(=O)[C@@H]1CCCN(C(=O)[C@H]2COC3(CCN(C(=O)CC)CC3)N2C(=O)c2cccc(OC)c2)C1. The molecule has 3 aliphatic heterocycles. The third-order valence-corrected chi connectivity index (χ3v) is 7.63. The standard InChI is InChI=1S/C27H37N3O7/c1-4-23(31)28-14-11-27(12-15-28)30(24(32)19-8-6-10-21(16-19)35-3)22(18-37-27)25(33)29-13-7-9-20(17-29)26(34)36-5-2/h6,8,10,16,20,22H,4-5,7,9,11-15,17-18H2,1-3H3/t20-,22-/m1/s1. The first-order valence-electron chi connectivity index (χ1n) is 13.2. The highest BCUT2D eigenvalue weighted by molar-refractivity contribution is 5.99. The minimum absolute atomic E-state index is 0.0597. The Morgan fingerprint density at radius 2 is 1.84 bits per heavy atom. The summed E-state index contributed by atoms with van der Waals surface area (Å²) in [4.78, 5) is 57.5. The van der Waals surface area contributed by atoms with E-state index in [0.29, 0.717) is 69.7 Å². The molecule has 0 N–H and O–H groups in total. The van der Waals surface area contributed by atoms with Gasteiger partial charge in [0.1, 0.15) is 17.5 Å². The molecular formula is C27H37N3O7. The van der Waals surface area contributed by atoms with E-state index < -0.39 is 11.8 Å². The van der Waals surface area contributed by atoms with Gasteiger partial charge in [-0.3, -0.25) is 24.1 Å². The number of amides is 3. The van der Waals surface area contributed by atoms with Crippen LogP contribution in [0.4, 0.5) is 0 Å². The van der Waals surface area contributed by atoms with Gasteiger partial charge in [0, 0.05) is 51.0 Å². The summed E-state index contributed by atoms with van der Waals surface area (Å²) in [6.07, 6.45) is 2.61. The van der Waals surface area contributed by atoms with Crippen LogP contribution in [0.3, 0.4) is 0 Å². The summed E-state index contributed by atoms with van der Waals surface area (Å²) in [5.41, 5.74) is -0.585.